The second-order valence-electron chi connectivity index (χ2n) is 5.73. The third-order valence-electron chi connectivity index (χ3n) is 3.75. The first-order chi connectivity index (χ1) is 12.5. The van der Waals surface area contributed by atoms with Crippen molar-refractivity contribution in [2.75, 3.05) is 4.90 Å². The highest BCUT2D eigenvalue weighted by Gasteiger charge is 2.36. The predicted molar refractivity (Wildman–Crippen MR) is 101 cm³/mol. The summed E-state index contributed by atoms with van der Waals surface area (Å²) in [4.78, 5) is 37.9. The van der Waals surface area contributed by atoms with Crippen LogP contribution in [0, 0.1) is 0 Å². The van der Waals surface area contributed by atoms with Crippen LogP contribution in [0.3, 0.4) is 0 Å². The zero-order valence-corrected chi connectivity index (χ0v) is 14.7. The lowest BCUT2D eigenvalue weighted by Crippen LogP contribution is -2.54. The Morgan fingerprint density at radius 1 is 1.00 bits per heavy atom. The molecule has 3 rings (SSSR count). The number of allylic oxidation sites excluding steroid dienone is 2. The molecular formula is C20H15ClN2O3. The average molecular weight is 367 g/mol. The standard InChI is InChI=1S/C20H15ClN2O3/c1-13(11-14-5-3-2-4-6-14)12-17-18(24)22-20(26)23(19(17)25)16-9-7-15(21)8-10-16/h2-12H,1H3,(H,22,24,26)/b13-11+,17-12+. The van der Waals surface area contributed by atoms with E-state index in [0.717, 1.165) is 10.5 Å². The van der Waals surface area contributed by atoms with Gasteiger partial charge in [0, 0.05) is 5.02 Å². The second kappa shape index (κ2) is 7.37. The Bertz CT molecular complexity index is 931. The Balaban J connectivity index is 1.94. The van der Waals surface area contributed by atoms with Crippen molar-refractivity contribution in [2.24, 2.45) is 0 Å². The number of anilines is 1. The molecule has 0 atom stereocenters. The van der Waals surface area contributed by atoms with Gasteiger partial charge in [0.25, 0.3) is 11.8 Å². The molecule has 1 aliphatic rings. The molecule has 0 aromatic heterocycles. The van der Waals surface area contributed by atoms with E-state index in [-0.39, 0.29) is 5.57 Å². The van der Waals surface area contributed by atoms with Crippen LogP contribution in [0.25, 0.3) is 6.08 Å². The first-order valence-corrected chi connectivity index (χ1v) is 8.24. The van der Waals surface area contributed by atoms with Crippen LogP contribution in [0.4, 0.5) is 10.5 Å². The lowest BCUT2D eigenvalue weighted by molar-refractivity contribution is -0.122. The average Bonchev–Trinajstić information content (AvgIpc) is 2.61. The lowest BCUT2D eigenvalue weighted by atomic mass is 10.1. The van der Waals surface area contributed by atoms with Gasteiger partial charge in [0.1, 0.15) is 5.57 Å². The molecular weight excluding hydrogens is 352 g/mol. The van der Waals surface area contributed by atoms with Crippen LogP contribution in [0.2, 0.25) is 5.02 Å². The molecule has 1 aliphatic heterocycles. The van der Waals surface area contributed by atoms with Crippen molar-refractivity contribution >= 4 is 41.2 Å². The van der Waals surface area contributed by atoms with E-state index in [1.165, 1.54) is 6.08 Å². The Kier molecular flexibility index (Phi) is 5.00. The van der Waals surface area contributed by atoms with Crippen LogP contribution in [0.1, 0.15) is 12.5 Å². The largest absolute Gasteiger partial charge is 0.335 e. The molecule has 0 bridgehead atoms. The van der Waals surface area contributed by atoms with Gasteiger partial charge in [-0.15, -0.1) is 0 Å². The minimum atomic E-state index is -0.788. The van der Waals surface area contributed by atoms with E-state index in [1.807, 2.05) is 36.4 Å². The molecule has 5 nitrogen and oxygen atoms in total. The number of rotatable bonds is 3. The summed E-state index contributed by atoms with van der Waals surface area (Å²) in [5, 5.41) is 2.67. The van der Waals surface area contributed by atoms with Gasteiger partial charge in [-0.1, -0.05) is 48.0 Å². The van der Waals surface area contributed by atoms with Crippen molar-refractivity contribution in [1.29, 1.82) is 0 Å². The van der Waals surface area contributed by atoms with E-state index in [1.54, 1.807) is 31.2 Å². The molecule has 0 radical (unpaired) electrons. The number of nitrogens with zero attached hydrogens (tertiary/aromatic N) is 1. The van der Waals surface area contributed by atoms with Crippen LogP contribution >= 0.6 is 11.6 Å². The van der Waals surface area contributed by atoms with E-state index in [9.17, 15) is 14.4 Å². The SMILES string of the molecule is CC(=C\c1ccccc1)/C=C1\C(=O)NC(=O)N(c2ccc(Cl)cc2)C1=O. The number of nitrogens with one attached hydrogen (secondary N) is 1. The first kappa shape index (κ1) is 17.6. The number of carbonyl (C=O) groups is 3. The quantitative estimate of drug-likeness (QED) is 0.660. The first-order valence-electron chi connectivity index (χ1n) is 7.86. The number of imide groups is 2. The minimum Gasteiger partial charge on any atom is -0.273 e. The molecule has 1 heterocycles. The highest BCUT2D eigenvalue weighted by Crippen LogP contribution is 2.23. The van der Waals surface area contributed by atoms with Crippen LogP contribution < -0.4 is 10.2 Å². The molecule has 1 N–H and O–H groups in total. The van der Waals surface area contributed by atoms with Gasteiger partial charge in [0.2, 0.25) is 0 Å². The van der Waals surface area contributed by atoms with Gasteiger partial charge >= 0.3 is 6.03 Å². The second-order valence-corrected chi connectivity index (χ2v) is 6.17. The zero-order chi connectivity index (χ0) is 18.7. The van der Waals surface area contributed by atoms with Crippen LogP contribution in [0.15, 0.2) is 71.8 Å². The molecule has 0 aliphatic carbocycles. The Hall–Kier alpha value is -3.18. The van der Waals surface area contributed by atoms with Crippen molar-refractivity contribution in [1.82, 2.24) is 5.32 Å². The van der Waals surface area contributed by atoms with Crippen molar-refractivity contribution in [3.63, 3.8) is 0 Å². The summed E-state index contributed by atoms with van der Waals surface area (Å²) in [5.41, 5.74) is 1.88. The zero-order valence-electron chi connectivity index (χ0n) is 13.9. The highest BCUT2D eigenvalue weighted by atomic mass is 35.5. The Morgan fingerprint density at radius 3 is 2.31 bits per heavy atom. The summed E-state index contributed by atoms with van der Waals surface area (Å²) in [6.45, 7) is 1.78. The van der Waals surface area contributed by atoms with Crippen molar-refractivity contribution < 1.29 is 14.4 Å². The molecule has 130 valence electrons. The van der Waals surface area contributed by atoms with Crippen LogP contribution in [0.5, 0.6) is 0 Å². The fourth-order valence-corrected chi connectivity index (χ4v) is 2.69. The van der Waals surface area contributed by atoms with Gasteiger partial charge < -0.3 is 0 Å². The molecule has 4 amide bonds. The summed E-state index contributed by atoms with van der Waals surface area (Å²) in [6, 6.07) is 14.9. The Labute approximate surface area is 155 Å². The van der Waals surface area contributed by atoms with Gasteiger partial charge in [-0.2, -0.15) is 0 Å². The molecule has 6 heteroatoms. The number of benzene rings is 2. The third-order valence-corrected chi connectivity index (χ3v) is 4.00. The summed E-state index contributed by atoms with van der Waals surface area (Å²) in [6.07, 6.45) is 3.32. The lowest BCUT2D eigenvalue weighted by Gasteiger charge is -2.26. The van der Waals surface area contributed by atoms with Gasteiger partial charge in [0.15, 0.2) is 0 Å². The van der Waals surface area contributed by atoms with Crippen molar-refractivity contribution in [3.8, 4) is 0 Å². The van der Waals surface area contributed by atoms with Crippen molar-refractivity contribution in [3.05, 3.63) is 82.4 Å². The van der Waals surface area contributed by atoms with E-state index in [4.69, 9.17) is 11.6 Å². The molecule has 2 aromatic carbocycles. The van der Waals surface area contributed by atoms with Gasteiger partial charge in [-0.3, -0.25) is 14.9 Å². The van der Waals surface area contributed by atoms with Gasteiger partial charge in [0.05, 0.1) is 5.69 Å². The topological polar surface area (TPSA) is 66.5 Å². The maximum atomic E-state index is 12.7. The number of hydrogen-bond donors (Lipinski definition) is 1. The monoisotopic (exact) mass is 366 g/mol. The fourth-order valence-electron chi connectivity index (χ4n) is 2.56. The summed E-state index contributed by atoms with van der Waals surface area (Å²) < 4.78 is 0. The summed E-state index contributed by atoms with van der Waals surface area (Å²) in [5.74, 6) is -1.40. The maximum Gasteiger partial charge on any atom is 0.335 e. The molecule has 1 saturated heterocycles. The molecule has 1 fully saturated rings. The van der Waals surface area contributed by atoms with E-state index < -0.39 is 17.8 Å². The van der Waals surface area contributed by atoms with Crippen LogP contribution in [-0.2, 0) is 9.59 Å². The molecule has 26 heavy (non-hydrogen) atoms. The number of halogens is 1. The summed E-state index contributed by atoms with van der Waals surface area (Å²) >= 11 is 5.84. The van der Waals surface area contributed by atoms with Crippen molar-refractivity contribution in [2.45, 2.75) is 6.92 Å². The molecule has 0 unspecified atom stereocenters. The maximum absolute atomic E-state index is 12.7. The predicted octanol–water partition coefficient (Wildman–Crippen LogP) is 3.95. The van der Waals surface area contributed by atoms with Gasteiger partial charge in [-0.05, 0) is 48.4 Å². The normalized spacial score (nSPS) is 16.8. The van der Waals surface area contributed by atoms with E-state index in [2.05, 4.69) is 5.32 Å². The molecule has 2 aromatic rings. The number of barbiturate groups is 1. The highest BCUT2D eigenvalue weighted by molar-refractivity contribution is 6.38. The summed E-state index contributed by atoms with van der Waals surface area (Å²) in [7, 11) is 0. The number of hydrogen-bond acceptors (Lipinski definition) is 3. The van der Waals surface area contributed by atoms with E-state index in [0.29, 0.717) is 16.3 Å². The smallest absolute Gasteiger partial charge is 0.273 e. The van der Waals surface area contributed by atoms with E-state index >= 15 is 0 Å². The van der Waals surface area contributed by atoms with Gasteiger partial charge in [-0.25, -0.2) is 9.69 Å². The minimum absolute atomic E-state index is 0.107. The third kappa shape index (κ3) is 3.73. The molecule has 0 spiro atoms. The fraction of sp³-hybridized carbons (Fsp3) is 0.0500. The Morgan fingerprint density at radius 2 is 1.65 bits per heavy atom. The molecule has 0 saturated carbocycles. The van der Waals surface area contributed by atoms with Crippen LogP contribution in [-0.4, -0.2) is 17.8 Å². The number of amides is 4. The number of carbonyl (C=O) groups excluding carboxylic acids is 3. The number of urea groups is 1.